The van der Waals surface area contributed by atoms with E-state index in [4.69, 9.17) is 9.47 Å². The lowest BCUT2D eigenvalue weighted by molar-refractivity contribution is 0.400. The second-order valence-corrected chi connectivity index (χ2v) is 4.20. The molecule has 0 aliphatic heterocycles. The summed E-state index contributed by atoms with van der Waals surface area (Å²) in [6.07, 6.45) is 0. The van der Waals surface area contributed by atoms with Crippen LogP contribution in [-0.4, -0.2) is 14.2 Å². The molecule has 0 unspecified atom stereocenters. The first-order chi connectivity index (χ1) is 9.63. The van der Waals surface area contributed by atoms with E-state index in [2.05, 4.69) is 5.32 Å². The average Bonchev–Trinajstić information content (AvgIpc) is 2.44. The zero-order chi connectivity index (χ0) is 14.5. The second kappa shape index (κ2) is 6.34. The van der Waals surface area contributed by atoms with Gasteiger partial charge in [0.1, 0.15) is 11.5 Å². The lowest BCUT2D eigenvalue weighted by atomic mass is 10.2. The molecule has 2 rings (SSSR count). The van der Waals surface area contributed by atoms with E-state index in [1.807, 2.05) is 0 Å². The summed E-state index contributed by atoms with van der Waals surface area (Å²) in [4.78, 5) is 0. The van der Waals surface area contributed by atoms with Crippen molar-refractivity contribution in [2.75, 3.05) is 14.2 Å². The van der Waals surface area contributed by atoms with Gasteiger partial charge in [0.15, 0.2) is 17.4 Å². The molecule has 0 spiro atoms. The fourth-order valence-electron chi connectivity index (χ4n) is 1.78. The van der Waals surface area contributed by atoms with Gasteiger partial charge in [0, 0.05) is 6.54 Å². The molecule has 3 nitrogen and oxygen atoms in total. The molecule has 1 N–H and O–H groups in total. The maximum absolute atomic E-state index is 13.8. The number of methoxy groups -OCH3 is 1. The quantitative estimate of drug-likeness (QED) is 0.909. The molecule has 0 amide bonds. The number of hydrogen-bond acceptors (Lipinski definition) is 3. The molecule has 0 radical (unpaired) electrons. The lowest BCUT2D eigenvalue weighted by Gasteiger charge is -2.10. The minimum atomic E-state index is -0.730. The maximum atomic E-state index is 13.8. The van der Waals surface area contributed by atoms with Gasteiger partial charge in [-0.2, -0.15) is 0 Å². The van der Waals surface area contributed by atoms with Crippen molar-refractivity contribution in [2.24, 2.45) is 0 Å². The molecular formula is C15H15F2NO2. The van der Waals surface area contributed by atoms with Crippen molar-refractivity contribution in [2.45, 2.75) is 6.54 Å². The summed E-state index contributed by atoms with van der Waals surface area (Å²) in [5.74, 6) is -0.889. The van der Waals surface area contributed by atoms with Gasteiger partial charge in [-0.05, 0) is 49.0 Å². The highest BCUT2D eigenvalue weighted by Crippen LogP contribution is 2.29. The third-order valence-corrected chi connectivity index (χ3v) is 2.72. The van der Waals surface area contributed by atoms with Crippen molar-refractivity contribution in [1.29, 1.82) is 0 Å². The van der Waals surface area contributed by atoms with Crippen molar-refractivity contribution in [1.82, 2.24) is 5.32 Å². The zero-order valence-electron chi connectivity index (χ0n) is 11.2. The number of nitrogens with one attached hydrogen (secondary N) is 1. The van der Waals surface area contributed by atoms with E-state index in [0.29, 0.717) is 23.6 Å². The number of halogens is 2. The first kappa shape index (κ1) is 14.3. The summed E-state index contributed by atoms with van der Waals surface area (Å²) in [5.41, 5.74) is 0.518. The Bertz CT molecular complexity index is 562. The predicted octanol–water partition coefficient (Wildman–Crippen LogP) is 3.49. The second-order valence-electron chi connectivity index (χ2n) is 4.20. The first-order valence-electron chi connectivity index (χ1n) is 6.08. The summed E-state index contributed by atoms with van der Waals surface area (Å²) in [5, 5.41) is 2.83. The van der Waals surface area contributed by atoms with Crippen LogP contribution in [0.1, 0.15) is 5.56 Å². The van der Waals surface area contributed by atoms with E-state index in [1.165, 1.54) is 19.2 Å². The van der Waals surface area contributed by atoms with Crippen LogP contribution in [-0.2, 0) is 6.54 Å². The van der Waals surface area contributed by atoms with Crippen LogP contribution in [0.4, 0.5) is 8.78 Å². The molecule has 0 aliphatic carbocycles. The van der Waals surface area contributed by atoms with E-state index in [0.717, 1.165) is 0 Å². The van der Waals surface area contributed by atoms with Gasteiger partial charge in [0.25, 0.3) is 0 Å². The van der Waals surface area contributed by atoms with Gasteiger partial charge in [-0.3, -0.25) is 0 Å². The third-order valence-electron chi connectivity index (χ3n) is 2.72. The number of rotatable bonds is 5. The van der Waals surface area contributed by atoms with Gasteiger partial charge in [0.2, 0.25) is 0 Å². The molecule has 20 heavy (non-hydrogen) atoms. The minimum Gasteiger partial charge on any atom is -0.497 e. The minimum absolute atomic E-state index is 0.338. The highest BCUT2D eigenvalue weighted by atomic mass is 19.1. The molecule has 5 heteroatoms. The van der Waals surface area contributed by atoms with E-state index >= 15 is 0 Å². The topological polar surface area (TPSA) is 30.5 Å². The molecule has 0 saturated carbocycles. The van der Waals surface area contributed by atoms with Gasteiger partial charge < -0.3 is 14.8 Å². The zero-order valence-corrected chi connectivity index (χ0v) is 11.2. The molecule has 0 aliphatic rings. The molecule has 0 aromatic heterocycles. The van der Waals surface area contributed by atoms with Gasteiger partial charge in [-0.1, -0.05) is 0 Å². The van der Waals surface area contributed by atoms with Gasteiger partial charge in [-0.15, -0.1) is 0 Å². The molecule has 0 heterocycles. The summed E-state index contributed by atoms with van der Waals surface area (Å²) < 4.78 is 37.9. The van der Waals surface area contributed by atoms with Crippen LogP contribution in [0, 0.1) is 11.6 Å². The molecule has 2 aromatic carbocycles. The van der Waals surface area contributed by atoms with Crippen molar-refractivity contribution < 1.29 is 18.3 Å². The monoisotopic (exact) mass is 279 g/mol. The average molecular weight is 279 g/mol. The van der Waals surface area contributed by atoms with Crippen molar-refractivity contribution in [3.8, 4) is 17.2 Å². The molecule has 0 atom stereocenters. The van der Waals surface area contributed by atoms with Crippen LogP contribution in [0.15, 0.2) is 36.4 Å². The molecule has 0 bridgehead atoms. The van der Waals surface area contributed by atoms with Crippen LogP contribution in [0.5, 0.6) is 17.2 Å². The van der Waals surface area contributed by atoms with Crippen molar-refractivity contribution in [3.05, 3.63) is 53.6 Å². The number of hydrogen-bond donors (Lipinski definition) is 1. The molecule has 0 saturated heterocycles. The lowest BCUT2D eigenvalue weighted by Crippen LogP contribution is -2.06. The van der Waals surface area contributed by atoms with Crippen LogP contribution in [0.3, 0.4) is 0 Å². The molecule has 106 valence electrons. The predicted molar refractivity (Wildman–Crippen MR) is 72.2 cm³/mol. The van der Waals surface area contributed by atoms with E-state index < -0.39 is 17.4 Å². The number of ether oxygens (including phenoxy) is 2. The van der Waals surface area contributed by atoms with E-state index in [9.17, 15) is 8.78 Å². The summed E-state index contributed by atoms with van der Waals surface area (Å²) in [6.45, 7) is 0.386. The van der Waals surface area contributed by atoms with Crippen molar-refractivity contribution in [3.63, 3.8) is 0 Å². The van der Waals surface area contributed by atoms with Gasteiger partial charge in [0.05, 0.1) is 7.11 Å². The SMILES string of the molecule is CNCc1cc(F)c(Oc2ccc(OC)cc2)c(F)c1. The van der Waals surface area contributed by atoms with Crippen LogP contribution in [0.2, 0.25) is 0 Å². The first-order valence-corrected chi connectivity index (χ1v) is 6.08. The fraction of sp³-hybridized carbons (Fsp3) is 0.200. The van der Waals surface area contributed by atoms with E-state index in [-0.39, 0.29) is 0 Å². The molecular weight excluding hydrogens is 264 g/mol. The van der Waals surface area contributed by atoms with Crippen LogP contribution >= 0.6 is 0 Å². The largest absolute Gasteiger partial charge is 0.497 e. The van der Waals surface area contributed by atoms with Gasteiger partial charge in [-0.25, -0.2) is 8.78 Å². The van der Waals surface area contributed by atoms with Crippen molar-refractivity contribution >= 4 is 0 Å². The van der Waals surface area contributed by atoms with Crippen LogP contribution < -0.4 is 14.8 Å². The Morgan fingerprint density at radius 1 is 1.00 bits per heavy atom. The third kappa shape index (κ3) is 3.24. The Balaban J connectivity index is 2.23. The maximum Gasteiger partial charge on any atom is 0.198 e. The molecule has 0 fully saturated rings. The van der Waals surface area contributed by atoms with E-state index in [1.54, 1.807) is 31.3 Å². The number of benzene rings is 2. The highest BCUT2D eigenvalue weighted by molar-refractivity contribution is 5.38. The summed E-state index contributed by atoms with van der Waals surface area (Å²) in [7, 11) is 3.24. The highest BCUT2D eigenvalue weighted by Gasteiger charge is 2.13. The summed E-state index contributed by atoms with van der Waals surface area (Å²) >= 11 is 0. The summed E-state index contributed by atoms with van der Waals surface area (Å²) in [6, 6.07) is 8.97. The standard InChI is InChI=1S/C15H15F2NO2/c1-18-9-10-7-13(16)15(14(17)8-10)20-12-5-3-11(19-2)4-6-12/h3-8,18H,9H2,1-2H3. The Kier molecular flexibility index (Phi) is 4.53. The van der Waals surface area contributed by atoms with Gasteiger partial charge >= 0.3 is 0 Å². The van der Waals surface area contributed by atoms with Crippen LogP contribution in [0.25, 0.3) is 0 Å². The Morgan fingerprint density at radius 2 is 1.55 bits per heavy atom. The Morgan fingerprint density at radius 3 is 2.05 bits per heavy atom. The fourth-order valence-corrected chi connectivity index (χ4v) is 1.78. The Hall–Kier alpha value is -2.14. The smallest absolute Gasteiger partial charge is 0.198 e. The molecule has 2 aromatic rings. The normalized spacial score (nSPS) is 10.4. The Labute approximate surface area is 116 Å².